The summed E-state index contributed by atoms with van der Waals surface area (Å²) in [5, 5.41) is 6.78. The van der Waals surface area contributed by atoms with Gasteiger partial charge in [0.2, 0.25) is 10.0 Å². The van der Waals surface area contributed by atoms with Crippen molar-refractivity contribution in [1.29, 1.82) is 0 Å². The number of sulfonamides is 1. The van der Waals surface area contributed by atoms with E-state index in [-0.39, 0.29) is 18.1 Å². The van der Waals surface area contributed by atoms with Gasteiger partial charge >= 0.3 is 0 Å². The van der Waals surface area contributed by atoms with Crippen molar-refractivity contribution in [2.24, 2.45) is 0 Å². The van der Waals surface area contributed by atoms with E-state index in [1.165, 1.54) is 10.6 Å². The van der Waals surface area contributed by atoms with Gasteiger partial charge in [0.25, 0.3) is 5.91 Å². The molecule has 2 atom stereocenters. The molecule has 2 aliphatic rings. The third kappa shape index (κ3) is 3.41. The smallest absolute Gasteiger partial charge is 0.274 e. The van der Waals surface area contributed by atoms with Gasteiger partial charge in [-0.2, -0.15) is 9.40 Å². The van der Waals surface area contributed by atoms with Crippen molar-refractivity contribution in [2.45, 2.75) is 31.9 Å². The van der Waals surface area contributed by atoms with Crippen LogP contribution in [0.5, 0.6) is 0 Å². The third-order valence-electron chi connectivity index (χ3n) is 4.46. The number of carbonyl (C=O) groups is 1. The normalized spacial score (nSPS) is 26.6. The number of aromatic nitrogens is 2. The number of nitrogens with one attached hydrogen (secondary N) is 1. The topological polar surface area (TPSA) is 95.6 Å². The van der Waals surface area contributed by atoms with E-state index in [1.54, 1.807) is 11.0 Å². The summed E-state index contributed by atoms with van der Waals surface area (Å²) in [6, 6.07) is 1.53. The number of aryl methyl sites for hydroxylation is 1. The number of amides is 1. The highest BCUT2D eigenvalue weighted by Gasteiger charge is 2.39. The molecule has 0 aliphatic carbocycles. The number of nitrogens with zero attached hydrogens (tertiary/aromatic N) is 3. The maximum atomic E-state index is 12.5. The Morgan fingerprint density at radius 2 is 2.09 bits per heavy atom. The van der Waals surface area contributed by atoms with Crippen molar-refractivity contribution in [2.75, 3.05) is 32.5 Å². The maximum absolute atomic E-state index is 12.5. The van der Waals surface area contributed by atoms with Crippen LogP contribution >= 0.6 is 0 Å². The second kappa shape index (κ2) is 6.21. The highest BCUT2D eigenvalue weighted by molar-refractivity contribution is 7.88. The van der Waals surface area contributed by atoms with Gasteiger partial charge in [-0.3, -0.25) is 9.89 Å². The summed E-state index contributed by atoms with van der Waals surface area (Å²) in [4.78, 5) is 14.3. The van der Waals surface area contributed by atoms with E-state index in [9.17, 15) is 13.2 Å². The number of rotatable bonds is 2. The first-order valence-electron chi connectivity index (χ1n) is 7.76. The lowest BCUT2D eigenvalue weighted by atomic mass is 10.0. The molecule has 1 aromatic heterocycles. The zero-order valence-corrected chi connectivity index (χ0v) is 14.2. The first-order chi connectivity index (χ1) is 10.9. The average molecular weight is 342 g/mol. The number of carbonyl (C=O) groups excluding carboxylic acids is 1. The van der Waals surface area contributed by atoms with Gasteiger partial charge in [-0.05, 0) is 25.8 Å². The molecule has 1 aromatic rings. The second-order valence-corrected chi connectivity index (χ2v) is 8.09. The van der Waals surface area contributed by atoms with Crippen LogP contribution < -0.4 is 0 Å². The van der Waals surface area contributed by atoms with E-state index in [0.29, 0.717) is 44.8 Å². The lowest BCUT2D eigenvalue weighted by Crippen LogP contribution is -2.53. The first-order valence-corrected chi connectivity index (χ1v) is 9.61. The Kier molecular flexibility index (Phi) is 4.43. The molecule has 128 valence electrons. The first kappa shape index (κ1) is 16.4. The monoisotopic (exact) mass is 342 g/mol. The number of likely N-dealkylation sites (tertiary alicyclic amines) is 1. The summed E-state index contributed by atoms with van der Waals surface area (Å²) in [7, 11) is -3.27. The summed E-state index contributed by atoms with van der Waals surface area (Å²) in [6.07, 6.45) is 2.28. The molecule has 1 amide bonds. The average Bonchev–Trinajstić information content (AvgIpc) is 2.81. The van der Waals surface area contributed by atoms with Gasteiger partial charge in [0.1, 0.15) is 5.69 Å². The molecule has 1 N–H and O–H groups in total. The summed E-state index contributed by atoms with van der Waals surface area (Å²) in [6.45, 7) is 3.68. The molecule has 3 heterocycles. The van der Waals surface area contributed by atoms with E-state index < -0.39 is 10.0 Å². The molecule has 2 aliphatic heterocycles. The molecular formula is C14H22N4O4S. The molecule has 9 heteroatoms. The summed E-state index contributed by atoms with van der Waals surface area (Å²) < 4.78 is 31.2. The minimum atomic E-state index is -3.27. The van der Waals surface area contributed by atoms with E-state index in [0.717, 1.165) is 5.69 Å². The van der Waals surface area contributed by atoms with Crippen LogP contribution in [0, 0.1) is 6.92 Å². The number of aromatic amines is 1. The van der Waals surface area contributed by atoms with Crippen molar-refractivity contribution < 1.29 is 17.9 Å². The molecule has 0 radical (unpaired) electrons. The molecular weight excluding hydrogens is 320 g/mol. The second-order valence-electron chi connectivity index (χ2n) is 6.16. The predicted molar refractivity (Wildman–Crippen MR) is 83.5 cm³/mol. The van der Waals surface area contributed by atoms with E-state index in [4.69, 9.17) is 4.74 Å². The number of hydrogen-bond acceptors (Lipinski definition) is 5. The highest BCUT2D eigenvalue weighted by Crippen LogP contribution is 2.26. The van der Waals surface area contributed by atoms with Gasteiger partial charge in [-0.15, -0.1) is 0 Å². The van der Waals surface area contributed by atoms with Gasteiger partial charge in [0, 0.05) is 25.3 Å². The fourth-order valence-corrected chi connectivity index (χ4v) is 4.49. The van der Waals surface area contributed by atoms with Gasteiger partial charge in [0.05, 0.1) is 25.0 Å². The van der Waals surface area contributed by atoms with Crippen molar-refractivity contribution in [3.05, 3.63) is 17.5 Å². The number of morpholine rings is 1. The molecule has 8 nitrogen and oxygen atoms in total. The van der Waals surface area contributed by atoms with Crippen LogP contribution in [0.2, 0.25) is 0 Å². The van der Waals surface area contributed by atoms with Crippen molar-refractivity contribution in [1.82, 2.24) is 19.4 Å². The van der Waals surface area contributed by atoms with Gasteiger partial charge in [-0.1, -0.05) is 0 Å². The lowest BCUT2D eigenvalue weighted by molar-refractivity contribution is -0.0406. The van der Waals surface area contributed by atoms with Crippen LogP contribution in [-0.4, -0.2) is 78.4 Å². The van der Waals surface area contributed by atoms with E-state index in [2.05, 4.69) is 10.2 Å². The van der Waals surface area contributed by atoms with Crippen molar-refractivity contribution in [3.63, 3.8) is 0 Å². The van der Waals surface area contributed by atoms with Crippen LogP contribution in [0.25, 0.3) is 0 Å². The molecule has 2 unspecified atom stereocenters. The molecule has 3 rings (SSSR count). The Labute approximate surface area is 135 Å². The number of H-pyrrole nitrogens is 1. The van der Waals surface area contributed by atoms with Crippen molar-refractivity contribution in [3.8, 4) is 0 Å². The SMILES string of the molecule is Cc1cc(C(=O)N2CCC3OCCN(S(C)(=O)=O)C3CC2)n[nH]1. The highest BCUT2D eigenvalue weighted by atomic mass is 32.2. The van der Waals surface area contributed by atoms with Crippen LogP contribution in [0.15, 0.2) is 6.07 Å². The number of fused-ring (bicyclic) bond motifs is 1. The van der Waals surface area contributed by atoms with Crippen molar-refractivity contribution >= 4 is 15.9 Å². The largest absolute Gasteiger partial charge is 0.375 e. The quantitative estimate of drug-likeness (QED) is 0.815. The molecule has 2 saturated heterocycles. The molecule has 0 bridgehead atoms. The van der Waals surface area contributed by atoms with Crippen LogP contribution in [-0.2, 0) is 14.8 Å². The Morgan fingerprint density at radius 3 is 2.74 bits per heavy atom. The molecule has 0 saturated carbocycles. The summed E-state index contributed by atoms with van der Waals surface area (Å²) in [5.41, 5.74) is 1.23. The zero-order chi connectivity index (χ0) is 16.6. The van der Waals surface area contributed by atoms with Crippen LogP contribution in [0.4, 0.5) is 0 Å². The van der Waals surface area contributed by atoms with Gasteiger partial charge in [-0.25, -0.2) is 8.42 Å². The Bertz CT molecular complexity index is 687. The molecule has 0 spiro atoms. The van der Waals surface area contributed by atoms with Crippen LogP contribution in [0.3, 0.4) is 0 Å². The standard InChI is InChI=1S/C14H22N4O4S/c1-10-9-11(16-15-10)14(19)17-5-3-12-13(4-6-17)22-8-7-18(12)23(2,20)21/h9,12-13H,3-8H2,1-2H3,(H,15,16). The zero-order valence-electron chi connectivity index (χ0n) is 13.4. The van der Waals surface area contributed by atoms with E-state index >= 15 is 0 Å². The third-order valence-corrected chi connectivity index (χ3v) is 5.76. The minimum absolute atomic E-state index is 0.126. The lowest BCUT2D eigenvalue weighted by Gasteiger charge is -2.38. The number of hydrogen-bond donors (Lipinski definition) is 1. The van der Waals surface area contributed by atoms with E-state index in [1.807, 2.05) is 6.92 Å². The molecule has 23 heavy (non-hydrogen) atoms. The number of ether oxygens (including phenoxy) is 1. The van der Waals surface area contributed by atoms with Gasteiger partial charge < -0.3 is 9.64 Å². The summed E-state index contributed by atoms with van der Waals surface area (Å²) >= 11 is 0. The Morgan fingerprint density at radius 1 is 1.35 bits per heavy atom. The predicted octanol–water partition coefficient (Wildman–Crippen LogP) is -0.0169. The Balaban J connectivity index is 1.74. The summed E-state index contributed by atoms with van der Waals surface area (Å²) in [5.74, 6) is -0.126. The molecule has 0 aromatic carbocycles. The minimum Gasteiger partial charge on any atom is -0.375 e. The van der Waals surface area contributed by atoms with Gasteiger partial charge in [0.15, 0.2) is 0 Å². The van der Waals surface area contributed by atoms with Crippen LogP contribution in [0.1, 0.15) is 29.0 Å². The Hall–Kier alpha value is -1.45. The fourth-order valence-electron chi connectivity index (χ4n) is 3.35. The fraction of sp³-hybridized carbons (Fsp3) is 0.714. The maximum Gasteiger partial charge on any atom is 0.274 e. The molecule has 2 fully saturated rings.